The maximum Gasteiger partial charge on any atom is 0.111 e. The molecule has 1 unspecified atom stereocenters. The van der Waals surface area contributed by atoms with Crippen molar-refractivity contribution in [1.29, 1.82) is 0 Å². The van der Waals surface area contributed by atoms with E-state index in [2.05, 4.69) is 0 Å². The minimum absolute atomic E-state index is 0.365. The topological polar surface area (TPSA) is 0 Å². The molecule has 0 aromatic heterocycles. The molecule has 0 aromatic rings. The molecule has 1 heteroatoms. The Kier molecular flexibility index (Phi) is 3.20. The Morgan fingerprint density at radius 3 is 1.90 bits per heavy atom. The first-order chi connectivity index (χ1) is 9.55. The summed E-state index contributed by atoms with van der Waals surface area (Å²) in [5, 5.41) is 0. The molecular formula is C19H31F. The molecule has 4 bridgehead atoms. The number of halogens is 1. The van der Waals surface area contributed by atoms with Gasteiger partial charge in [-0.2, -0.15) is 0 Å². The van der Waals surface area contributed by atoms with Crippen LogP contribution in [0.5, 0.6) is 0 Å². The standard InChI is InChI=1S/C19H31F/c1-18(20,17-5-3-2-4-6-17)13-19-10-14-7-15(11-19)9-16(8-14)12-19/h14-17H,2-13H2,1H3. The van der Waals surface area contributed by atoms with Crippen LogP contribution in [0, 0.1) is 29.1 Å². The summed E-state index contributed by atoms with van der Waals surface area (Å²) in [4.78, 5) is 0. The van der Waals surface area contributed by atoms with Crippen LogP contribution in [0.3, 0.4) is 0 Å². The van der Waals surface area contributed by atoms with E-state index >= 15 is 4.39 Å². The SMILES string of the molecule is CC(F)(CC12CC3CC(CC(C3)C1)C2)C1CCCCC1. The van der Waals surface area contributed by atoms with Crippen molar-refractivity contribution in [2.75, 3.05) is 0 Å². The fourth-order valence-electron chi connectivity index (χ4n) is 7.09. The molecular weight excluding hydrogens is 247 g/mol. The van der Waals surface area contributed by atoms with Gasteiger partial charge in [0.05, 0.1) is 0 Å². The first-order valence-corrected chi connectivity index (χ1v) is 9.24. The van der Waals surface area contributed by atoms with Crippen LogP contribution in [0.1, 0.15) is 84.0 Å². The van der Waals surface area contributed by atoms with Crippen molar-refractivity contribution in [2.45, 2.75) is 89.6 Å². The molecule has 0 heterocycles. The summed E-state index contributed by atoms with van der Waals surface area (Å²) < 4.78 is 15.5. The van der Waals surface area contributed by atoms with Gasteiger partial charge in [0.25, 0.3) is 0 Å². The predicted octanol–water partition coefficient (Wildman–Crippen LogP) is 5.90. The summed E-state index contributed by atoms with van der Waals surface area (Å²) in [7, 11) is 0. The van der Waals surface area contributed by atoms with Gasteiger partial charge >= 0.3 is 0 Å². The minimum atomic E-state index is -0.883. The second-order valence-electron chi connectivity index (χ2n) is 9.21. The van der Waals surface area contributed by atoms with Gasteiger partial charge in [-0.1, -0.05) is 19.3 Å². The Labute approximate surface area is 123 Å². The highest BCUT2D eigenvalue weighted by Crippen LogP contribution is 2.63. The molecule has 0 aromatic carbocycles. The average Bonchev–Trinajstić information content (AvgIpc) is 2.36. The summed E-state index contributed by atoms with van der Waals surface area (Å²) >= 11 is 0. The van der Waals surface area contributed by atoms with E-state index in [1.54, 1.807) is 0 Å². The smallest absolute Gasteiger partial charge is 0.111 e. The first-order valence-electron chi connectivity index (χ1n) is 9.24. The van der Waals surface area contributed by atoms with Crippen molar-refractivity contribution in [1.82, 2.24) is 0 Å². The van der Waals surface area contributed by atoms with E-state index in [1.807, 2.05) is 6.92 Å². The zero-order valence-electron chi connectivity index (χ0n) is 13.2. The molecule has 5 aliphatic rings. The number of rotatable bonds is 3. The van der Waals surface area contributed by atoms with Crippen LogP contribution in [0.15, 0.2) is 0 Å². The van der Waals surface area contributed by atoms with E-state index in [4.69, 9.17) is 0 Å². The van der Waals surface area contributed by atoms with E-state index in [1.165, 1.54) is 57.8 Å². The van der Waals surface area contributed by atoms with Crippen LogP contribution in [-0.2, 0) is 0 Å². The van der Waals surface area contributed by atoms with Crippen molar-refractivity contribution in [3.05, 3.63) is 0 Å². The Bertz CT molecular complexity index is 329. The third-order valence-corrected chi connectivity index (χ3v) is 7.34. The van der Waals surface area contributed by atoms with Gasteiger partial charge in [-0.15, -0.1) is 0 Å². The molecule has 114 valence electrons. The number of hydrogen-bond acceptors (Lipinski definition) is 0. The molecule has 0 aliphatic heterocycles. The van der Waals surface area contributed by atoms with Crippen molar-refractivity contribution in [3.8, 4) is 0 Å². The van der Waals surface area contributed by atoms with Crippen LogP contribution in [0.25, 0.3) is 0 Å². The zero-order valence-corrected chi connectivity index (χ0v) is 13.2. The summed E-state index contributed by atoms with van der Waals surface area (Å²) in [6.45, 7) is 1.96. The number of hydrogen-bond donors (Lipinski definition) is 0. The Hall–Kier alpha value is -0.0700. The lowest BCUT2D eigenvalue weighted by molar-refractivity contribution is -0.0937. The lowest BCUT2D eigenvalue weighted by atomic mass is 9.47. The Morgan fingerprint density at radius 1 is 0.900 bits per heavy atom. The van der Waals surface area contributed by atoms with Crippen molar-refractivity contribution in [2.24, 2.45) is 29.1 Å². The maximum atomic E-state index is 15.5. The van der Waals surface area contributed by atoms with E-state index in [0.717, 1.165) is 37.0 Å². The molecule has 5 aliphatic carbocycles. The third-order valence-electron chi connectivity index (χ3n) is 7.34. The van der Waals surface area contributed by atoms with Crippen LogP contribution >= 0.6 is 0 Å². The van der Waals surface area contributed by atoms with Crippen LogP contribution in [0.2, 0.25) is 0 Å². The van der Waals surface area contributed by atoms with E-state index in [0.29, 0.717) is 11.3 Å². The van der Waals surface area contributed by atoms with Crippen LogP contribution < -0.4 is 0 Å². The monoisotopic (exact) mass is 278 g/mol. The minimum Gasteiger partial charge on any atom is -0.244 e. The molecule has 0 amide bonds. The average molecular weight is 278 g/mol. The van der Waals surface area contributed by atoms with Crippen LogP contribution in [-0.4, -0.2) is 5.67 Å². The molecule has 0 N–H and O–H groups in total. The fraction of sp³-hybridized carbons (Fsp3) is 1.00. The summed E-state index contributed by atoms with van der Waals surface area (Å²) in [6, 6.07) is 0. The molecule has 5 saturated carbocycles. The highest BCUT2D eigenvalue weighted by atomic mass is 19.1. The van der Waals surface area contributed by atoms with Gasteiger partial charge in [-0.05, 0) is 93.8 Å². The summed E-state index contributed by atoms with van der Waals surface area (Å²) in [6.07, 6.45) is 15.6. The highest BCUT2D eigenvalue weighted by molar-refractivity contribution is 5.04. The second kappa shape index (κ2) is 4.71. The molecule has 0 radical (unpaired) electrons. The normalized spacial score (nSPS) is 47.4. The van der Waals surface area contributed by atoms with Gasteiger partial charge in [0, 0.05) is 0 Å². The van der Waals surface area contributed by atoms with Crippen LogP contribution in [0.4, 0.5) is 4.39 Å². The van der Waals surface area contributed by atoms with Gasteiger partial charge in [0.2, 0.25) is 0 Å². The quantitative estimate of drug-likeness (QED) is 0.602. The first kappa shape index (κ1) is 13.6. The Balaban J connectivity index is 1.50. The van der Waals surface area contributed by atoms with Gasteiger partial charge in [0.1, 0.15) is 5.67 Å². The maximum absolute atomic E-state index is 15.5. The van der Waals surface area contributed by atoms with E-state index in [9.17, 15) is 0 Å². The molecule has 0 spiro atoms. The molecule has 1 atom stereocenters. The predicted molar refractivity (Wildman–Crippen MR) is 81.3 cm³/mol. The lowest BCUT2D eigenvalue weighted by Gasteiger charge is -2.58. The summed E-state index contributed by atoms with van der Waals surface area (Å²) in [5.41, 5.74) is -0.470. The van der Waals surface area contributed by atoms with Gasteiger partial charge in [-0.3, -0.25) is 0 Å². The van der Waals surface area contributed by atoms with Gasteiger partial charge in [-0.25, -0.2) is 4.39 Å². The van der Waals surface area contributed by atoms with Crippen molar-refractivity contribution in [3.63, 3.8) is 0 Å². The molecule has 5 fully saturated rings. The van der Waals surface area contributed by atoms with E-state index in [-0.39, 0.29) is 0 Å². The molecule has 0 nitrogen and oxygen atoms in total. The number of alkyl halides is 1. The zero-order chi connectivity index (χ0) is 13.8. The fourth-order valence-corrected chi connectivity index (χ4v) is 7.09. The van der Waals surface area contributed by atoms with Crippen molar-refractivity contribution < 1.29 is 4.39 Å². The van der Waals surface area contributed by atoms with Gasteiger partial charge < -0.3 is 0 Å². The lowest BCUT2D eigenvalue weighted by Crippen LogP contribution is -2.49. The second-order valence-corrected chi connectivity index (χ2v) is 9.21. The third kappa shape index (κ3) is 2.33. The molecule has 20 heavy (non-hydrogen) atoms. The molecule has 5 rings (SSSR count). The van der Waals surface area contributed by atoms with Gasteiger partial charge in [0.15, 0.2) is 0 Å². The Morgan fingerprint density at radius 2 is 1.40 bits per heavy atom. The van der Waals surface area contributed by atoms with Crippen molar-refractivity contribution >= 4 is 0 Å². The molecule has 0 saturated heterocycles. The van der Waals surface area contributed by atoms with E-state index < -0.39 is 5.67 Å². The highest BCUT2D eigenvalue weighted by Gasteiger charge is 2.54. The largest absolute Gasteiger partial charge is 0.244 e. The summed E-state index contributed by atoms with van der Waals surface area (Å²) in [5.74, 6) is 3.25.